The van der Waals surface area contributed by atoms with Crippen molar-refractivity contribution in [1.82, 2.24) is 0 Å². The van der Waals surface area contributed by atoms with E-state index in [4.69, 9.17) is 0 Å². The molecule has 2 aliphatic carbocycles. The summed E-state index contributed by atoms with van der Waals surface area (Å²) in [5.74, 6) is 2.25. The molecule has 3 atom stereocenters. The van der Waals surface area contributed by atoms with Crippen molar-refractivity contribution < 1.29 is 4.79 Å². The molecule has 2 rings (SSSR count). The normalized spacial score (nSPS) is 46.8. The highest BCUT2D eigenvalue weighted by Crippen LogP contribution is 2.57. The van der Waals surface area contributed by atoms with Crippen LogP contribution in [0.25, 0.3) is 0 Å². The van der Waals surface area contributed by atoms with E-state index >= 15 is 0 Å². The van der Waals surface area contributed by atoms with Crippen LogP contribution in [0.4, 0.5) is 0 Å². The molecule has 2 aliphatic rings. The predicted octanol–water partition coefficient (Wildman–Crippen LogP) is 2.26. The number of ketones is 1. The van der Waals surface area contributed by atoms with E-state index in [-0.39, 0.29) is 0 Å². The van der Waals surface area contributed by atoms with Gasteiger partial charge in [-0.2, -0.15) is 0 Å². The molecule has 0 amide bonds. The number of carbonyl (C=O) groups is 1. The summed E-state index contributed by atoms with van der Waals surface area (Å²) in [5, 5.41) is 0. The number of fused-ring (bicyclic) bond motifs is 2. The largest absolute Gasteiger partial charge is 0.299 e. The molecule has 0 aromatic rings. The van der Waals surface area contributed by atoms with Gasteiger partial charge in [-0.15, -0.1) is 0 Å². The molecule has 1 heteroatoms. The van der Waals surface area contributed by atoms with Gasteiger partial charge in [0.05, 0.1) is 0 Å². The van der Waals surface area contributed by atoms with Gasteiger partial charge in [-0.25, -0.2) is 0 Å². The van der Waals surface area contributed by atoms with Gasteiger partial charge >= 0.3 is 0 Å². The smallest absolute Gasteiger partial charge is 0.136 e. The minimum absolute atomic E-state index is 0.412. The van der Waals surface area contributed by atoms with Crippen LogP contribution in [0.5, 0.6) is 0 Å². The summed E-state index contributed by atoms with van der Waals surface area (Å²) in [6.07, 6.45) is 2.04. The first-order valence-electron chi connectivity index (χ1n) is 4.56. The maximum atomic E-state index is 11.3. The lowest BCUT2D eigenvalue weighted by Gasteiger charge is -2.35. The van der Waals surface area contributed by atoms with Gasteiger partial charge in [0.1, 0.15) is 5.78 Å². The number of rotatable bonds is 0. The second kappa shape index (κ2) is 1.88. The van der Waals surface area contributed by atoms with Crippen LogP contribution in [-0.2, 0) is 4.79 Å². The number of hydrogen-bond donors (Lipinski definition) is 0. The third kappa shape index (κ3) is 0.743. The molecule has 1 nitrogen and oxygen atoms in total. The fraction of sp³-hybridized carbons (Fsp3) is 0.900. The average Bonchev–Trinajstić information content (AvgIpc) is 2.36. The lowest BCUT2D eigenvalue weighted by atomic mass is 9.69. The molecule has 62 valence electrons. The number of carbonyl (C=O) groups excluding carboxylic acids is 1. The van der Waals surface area contributed by atoms with E-state index < -0.39 is 0 Å². The summed E-state index contributed by atoms with van der Waals surface area (Å²) in [6.45, 7) is 6.87. The van der Waals surface area contributed by atoms with Crippen LogP contribution in [0.2, 0.25) is 0 Å². The Labute approximate surface area is 68.2 Å². The highest BCUT2D eigenvalue weighted by Gasteiger charge is 2.54. The third-order valence-electron chi connectivity index (χ3n) is 4.23. The van der Waals surface area contributed by atoms with Crippen LogP contribution < -0.4 is 0 Å². The van der Waals surface area contributed by atoms with E-state index in [1.807, 2.05) is 0 Å². The lowest BCUT2D eigenvalue weighted by molar-refractivity contribution is -0.125. The topological polar surface area (TPSA) is 17.1 Å². The highest BCUT2D eigenvalue weighted by molar-refractivity contribution is 5.85. The van der Waals surface area contributed by atoms with Gasteiger partial charge in [0.2, 0.25) is 0 Å². The van der Waals surface area contributed by atoms with Gasteiger partial charge in [0.25, 0.3) is 0 Å². The number of hydrogen-bond acceptors (Lipinski definition) is 1. The average molecular weight is 152 g/mol. The van der Waals surface area contributed by atoms with Crippen molar-refractivity contribution in [2.45, 2.75) is 33.6 Å². The van der Waals surface area contributed by atoms with Crippen molar-refractivity contribution in [1.29, 1.82) is 0 Å². The van der Waals surface area contributed by atoms with Crippen molar-refractivity contribution in [2.24, 2.45) is 23.2 Å². The highest BCUT2D eigenvalue weighted by atomic mass is 16.1. The molecule has 2 fully saturated rings. The zero-order valence-corrected chi connectivity index (χ0v) is 7.55. The van der Waals surface area contributed by atoms with Gasteiger partial charge in [0, 0.05) is 12.3 Å². The van der Waals surface area contributed by atoms with E-state index in [2.05, 4.69) is 20.8 Å². The van der Waals surface area contributed by atoms with Gasteiger partial charge in [-0.05, 0) is 23.7 Å². The van der Waals surface area contributed by atoms with Crippen LogP contribution >= 0.6 is 0 Å². The van der Waals surface area contributed by atoms with Gasteiger partial charge < -0.3 is 0 Å². The first-order chi connectivity index (χ1) is 5.03. The summed E-state index contributed by atoms with van der Waals surface area (Å²) in [6, 6.07) is 0. The molecular formula is C10H16O. The Morgan fingerprint density at radius 3 is 2.45 bits per heavy atom. The zero-order chi connectivity index (χ0) is 8.22. The fourth-order valence-electron chi connectivity index (χ4n) is 2.86. The molecule has 0 heterocycles. The second-order valence-electron chi connectivity index (χ2n) is 4.82. The van der Waals surface area contributed by atoms with Gasteiger partial charge in [0.15, 0.2) is 0 Å². The maximum Gasteiger partial charge on any atom is 0.136 e. The number of Topliss-reactive ketones (excluding diaryl/α,β-unsaturated/α-hetero) is 1. The summed E-state index contributed by atoms with van der Waals surface area (Å²) < 4.78 is 0. The molecule has 11 heavy (non-hydrogen) atoms. The first-order valence-corrected chi connectivity index (χ1v) is 4.56. The SMILES string of the molecule is C[C@@H]1[C@@H]2C[C@@H](CC2=O)C1(C)C. The molecule has 0 spiro atoms. The Hall–Kier alpha value is -0.330. The monoisotopic (exact) mass is 152 g/mol. The minimum Gasteiger partial charge on any atom is -0.299 e. The van der Waals surface area contributed by atoms with Crippen molar-refractivity contribution in [3.8, 4) is 0 Å². The predicted molar refractivity (Wildman–Crippen MR) is 44.2 cm³/mol. The molecule has 0 saturated heterocycles. The standard InChI is InChI=1S/C10H16O/c1-6-8-4-7(5-9(8)11)10(6,2)3/h6-8H,4-5H2,1-3H3/t6-,7+,8+/m1/s1. The van der Waals surface area contributed by atoms with Crippen LogP contribution in [-0.4, -0.2) is 5.78 Å². The van der Waals surface area contributed by atoms with E-state index in [0.29, 0.717) is 29.0 Å². The van der Waals surface area contributed by atoms with Crippen molar-refractivity contribution in [2.75, 3.05) is 0 Å². The molecule has 2 saturated carbocycles. The summed E-state index contributed by atoms with van der Waals surface area (Å²) in [4.78, 5) is 11.3. The second-order valence-corrected chi connectivity index (χ2v) is 4.82. The van der Waals surface area contributed by atoms with E-state index in [1.165, 1.54) is 6.42 Å². The Morgan fingerprint density at radius 1 is 1.45 bits per heavy atom. The van der Waals surface area contributed by atoms with Crippen LogP contribution in [0.3, 0.4) is 0 Å². The Balaban J connectivity index is 2.31. The molecule has 0 aromatic heterocycles. The summed E-state index contributed by atoms with van der Waals surface area (Å²) in [7, 11) is 0. The quantitative estimate of drug-likeness (QED) is 0.520. The van der Waals surface area contributed by atoms with Crippen LogP contribution in [0.15, 0.2) is 0 Å². The molecule has 0 N–H and O–H groups in total. The van der Waals surface area contributed by atoms with E-state index in [0.717, 1.165) is 6.42 Å². The van der Waals surface area contributed by atoms with E-state index in [1.54, 1.807) is 0 Å². The molecule has 0 unspecified atom stereocenters. The molecule has 2 bridgehead atoms. The third-order valence-corrected chi connectivity index (χ3v) is 4.23. The maximum absolute atomic E-state index is 11.3. The molecule has 0 radical (unpaired) electrons. The molecule has 0 aromatic carbocycles. The van der Waals surface area contributed by atoms with Gasteiger partial charge in [-0.1, -0.05) is 20.8 Å². The Kier molecular flexibility index (Phi) is 1.25. The van der Waals surface area contributed by atoms with Crippen molar-refractivity contribution in [3.63, 3.8) is 0 Å². The zero-order valence-electron chi connectivity index (χ0n) is 7.55. The molecule has 0 aliphatic heterocycles. The Morgan fingerprint density at radius 2 is 2.09 bits per heavy atom. The van der Waals surface area contributed by atoms with Gasteiger partial charge in [-0.3, -0.25) is 4.79 Å². The van der Waals surface area contributed by atoms with E-state index in [9.17, 15) is 4.79 Å². The van der Waals surface area contributed by atoms with Crippen molar-refractivity contribution >= 4 is 5.78 Å². The van der Waals surface area contributed by atoms with Crippen LogP contribution in [0.1, 0.15) is 33.6 Å². The minimum atomic E-state index is 0.412. The fourth-order valence-corrected chi connectivity index (χ4v) is 2.86. The Bertz CT molecular complexity index is 201. The summed E-state index contributed by atoms with van der Waals surface area (Å²) >= 11 is 0. The van der Waals surface area contributed by atoms with Crippen LogP contribution in [0, 0.1) is 23.2 Å². The molecular weight excluding hydrogens is 136 g/mol. The van der Waals surface area contributed by atoms with Crippen molar-refractivity contribution in [3.05, 3.63) is 0 Å². The first kappa shape index (κ1) is 7.33. The summed E-state index contributed by atoms with van der Waals surface area (Å²) in [5.41, 5.74) is 0.429. The lowest BCUT2D eigenvalue weighted by Crippen LogP contribution is -2.32.